The average molecular weight is 435 g/mol. The van der Waals surface area contributed by atoms with Gasteiger partial charge in [0.05, 0.1) is 22.1 Å². The van der Waals surface area contributed by atoms with Crippen molar-refractivity contribution in [3.63, 3.8) is 0 Å². The molecule has 0 bridgehead atoms. The molecule has 7 rings (SSSR count). The van der Waals surface area contributed by atoms with Gasteiger partial charge in [-0.1, -0.05) is 85.5 Å². The van der Waals surface area contributed by atoms with Crippen molar-refractivity contribution in [1.82, 2.24) is 9.13 Å². The summed E-state index contributed by atoms with van der Waals surface area (Å²) in [7, 11) is 0. The minimum absolute atomic E-state index is 1.09. The average Bonchev–Trinajstić information content (AvgIpc) is 3.42. The molecule has 2 heteroatoms. The van der Waals surface area contributed by atoms with Gasteiger partial charge in [-0.25, -0.2) is 0 Å². The van der Waals surface area contributed by atoms with E-state index in [1.54, 1.807) is 0 Å². The minimum atomic E-state index is 1.09. The lowest BCUT2D eigenvalue weighted by molar-refractivity contribution is 1.13. The Morgan fingerprint density at radius 3 is 1.09 bits per heavy atom. The molecule has 0 aliphatic heterocycles. The summed E-state index contributed by atoms with van der Waals surface area (Å²) in [6.07, 6.45) is 1.94. The standard InChI is InChI=1S/C32H22N2/c1-2-22-19-23(33-29-15-7-3-11-25(29)26-12-4-8-16-30(26)33)21-24(20-22)34-31-17-9-5-13-27(31)28-14-6-10-18-32(28)34/h2-21H,1H2. The van der Waals surface area contributed by atoms with Gasteiger partial charge in [-0.3, -0.25) is 0 Å². The van der Waals surface area contributed by atoms with Crippen molar-refractivity contribution in [2.75, 3.05) is 0 Å². The highest BCUT2D eigenvalue weighted by Gasteiger charge is 2.15. The zero-order chi connectivity index (χ0) is 22.6. The van der Waals surface area contributed by atoms with Crippen LogP contribution in [0.4, 0.5) is 0 Å². The Bertz CT molecular complexity index is 1640. The maximum Gasteiger partial charge on any atom is 0.0541 e. The molecule has 7 aromatic rings. The van der Waals surface area contributed by atoms with Crippen molar-refractivity contribution in [2.45, 2.75) is 0 Å². The SMILES string of the molecule is C=Cc1cc(-n2c3ccccc3c3ccccc32)cc(-n2c3ccccc3c3ccccc32)c1. The molecule has 34 heavy (non-hydrogen) atoms. The third-order valence-corrected chi connectivity index (χ3v) is 6.84. The van der Waals surface area contributed by atoms with Crippen LogP contribution in [0.25, 0.3) is 61.1 Å². The molecule has 0 aliphatic rings. The first kappa shape index (κ1) is 19.0. The number of rotatable bonds is 3. The molecule has 0 amide bonds. The summed E-state index contributed by atoms with van der Waals surface area (Å²) in [6.45, 7) is 4.11. The molecule has 5 aromatic carbocycles. The Hall–Kier alpha value is -4.56. The van der Waals surface area contributed by atoms with Crippen molar-refractivity contribution >= 4 is 49.7 Å². The minimum Gasteiger partial charge on any atom is -0.309 e. The topological polar surface area (TPSA) is 9.86 Å². The predicted octanol–water partition coefficient (Wildman–Crippen LogP) is 8.52. The van der Waals surface area contributed by atoms with Crippen molar-refractivity contribution in [2.24, 2.45) is 0 Å². The molecule has 0 saturated heterocycles. The van der Waals surface area contributed by atoms with Crippen LogP contribution in [-0.2, 0) is 0 Å². The lowest BCUT2D eigenvalue weighted by Crippen LogP contribution is -2.00. The van der Waals surface area contributed by atoms with Crippen molar-refractivity contribution in [3.8, 4) is 11.4 Å². The van der Waals surface area contributed by atoms with Crippen LogP contribution in [0.2, 0.25) is 0 Å². The molecule has 0 spiro atoms. The first-order valence-electron chi connectivity index (χ1n) is 11.6. The third-order valence-electron chi connectivity index (χ3n) is 6.84. The van der Waals surface area contributed by atoms with E-state index in [1.807, 2.05) is 6.08 Å². The second kappa shape index (κ2) is 7.23. The molecular formula is C32H22N2. The fraction of sp³-hybridized carbons (Fsp3) is 0. The van der Waals surface area contributed by atoms with Gasteiger partial charge in [0.15, 0.2) is 0 Å². The maximum absolute atomic E-state index is 4.11. The van der Waals surface area contributed by atoms with Crippen molar-refractivity contribution in [3.05, 3.63) is 127 Å². The second-order valence-electron chi connectivity index (χ2n) is 8.73. The van der Waals surface area contributed by atoms with Gasteiger partial charge in [0.1, 0.15) is 0 Å². The zero-order valence-electron chi connectivity index (χ0n) is 18.6. The molecule has 0 N–H and O–H groups in total. The molecule has 2 nitrogen and oxygen atoms in total. The van der Waals surface area contributed by atoms with E-state index < -0.39 is 0 Å². The van der Waals surface area contributed by atoms with Crippen LogP contribution in [0.3, 0.4) is 0 Å². The lowest BCUT2D eigenvalue weighted by atomic mass is 10.1. The highest BCUT2D eigenvalue weighted by molar-refractivity contribution is 6.10. The maximum atomic E-state index is 4.11. The highest BCUT2D eigenvalue weighted by atomic mass is 15.0. The Labute approximate surface area is 197 Å². The summed E-state index contributed by atoms with van der Waals surface area (Å²) in [5, 5.41) is 5.06. The number of aromatic nitrogens is 2. The van der Waals surface area contributed by atoms with E-state index in [2.05, 4.69) is 131 Å². The van der Waals surface area contributed by atoms with Gasteiger partial charge in [-0.05, 0) is 48.0 Å². The number of benzene rings is 5. The van der Waals surface area contributed by atoms with Gasteiger partial charge in [-0.2, -0.15) is 0 Å². The number of hydrogen-bond donors (Lipinski definition) is 0. The molecule has 2 aromatic heterocycles. The van der Waals surface area contributed by atoms with Crippen LogP contribution in [0, 0.1) is 0 Å². The van der Waals surface area contributed by atoms with Crippen LogP contribution < -0.4 is 0 Å². The first-order valence-corrected chi connectivity index (χ1v) is 11.6. The first-order chi connectivity index (χ1) is 16.8. The third kappa shape index (κ3) is 2.63. The predicted molar refractivity (Wildman–Crippen MR) is 145 cm³/mol. The van der Waals surface area contributed by atoms with Crippen LogP contribution in [0.5, 0.6) is 0 Å². The van der Waals surface area contributed by atoms with Crippen LogP contribution in [0.15, 0.2) is 122 Å². The van der Waals surface area contributed by atoms with Crippen LogP contribution in [0.1, 0.15) is 5.56 Å². The smallest absolute Gasteiger partial charge is 0.0541 e. The van der Waals surface area contributed by atoms with Crippen LogP contribution in [-0.4, -0.2) is 9.13 Å². The summed E-state index contributed by atoms with van der Waals surface area (Å²) in [6, 6.07) is 41.3. The molecule has 0 atom stereocenters. The van der Waals surface area contributed by atoms with Crippen molar-refractivity contribution < 1.29 is 0 Å². The normalized spacial score (nSPS) is 11.6. The molecule has 0 fully saturated rings. The Balaban J connectivity index is 1.60. The largest absolute Gasteiger partial charge is 0.309 e. The molecule has 0 unspecified atom stereocenters. The quantitative estimate of drug-likeness (QED) is 0.264. The number of para-hydroxylation sites is 4. The number of hydrogen-bond acceptors (Lipinski definition) is 0. The molecule has 0 saturated carbocycles. The molecule has 0 radical (unpaired) electrons. The highest BCUT2D eigenvalue weighted by Crippen LogP contribution is 2.35. The Morgan fingerprint density at radius 1 is 0.441 bits per heavy atom. The van der Waals surface area contributed by atoms with E-state index >= 15 is 0 Å². The van der Waals surface area contributed by atoms with E-state index in [9.17, 15) is 0 Å². The molecule has 2 heterocycles. The van der Waals surface area contributed by atoms with E-state index in [4.69, 9.17) is 0 Å². The summed E-state index contributed by atoms with van der Waals surface area (Å²) in [5.74, 6) is 0. The van der Waals surface area contributed by atoms with E-state index in [1.165, 1.54) is 43.6 Å². The number of nitrogens with zero attached hydrogens (tertiary/aromatic N) is 2. The Kier molecular flexibility index (Phi) is 4.03. The Morgan fingerprint density at radius 2 is 0.765 bits per heavy atom. The van der Waals surface area contributed by atoms with Crippen molar-refractivity contribution in [1.29, 1.82) is 0 Å². The van der Waals surface area contributed by atoms with Gasteiger partial charge in [0.2, 0.25) is 0 Å². The van der Waals surface area contributed by atoms with Gasteiger partial charge in [0, 0.05) is 32.9 Å². The van der Waals surface area contributed by atoms with Crippen LogP contribution >= 0.6 is 0 Å². The fourth-order valence-corrected chi connectivity index (χ4v) is 5.40. The van der Waals surface area contributed by atoms with E-state index in [0.717, 1.165) is 16.9 Å². The fourth-order valence-electron chi connectivity index (χ4n) is 5.40. The second-order valence-corrected chi connectivity index (χ2v) is 8.73. The van der Waals surface area contributed by atoms with E-state index in [-0.39, 0.29) is 0 Å². The lowest BCUT2D eigenvalue weighted by Gasteiger charge is -2.14. The number of fused-ring (bicyclic) bond motifs is 6. The molecular weight excluding hydrogens is 412 g/mol. The summed E-state index contributed by atoms with van der Waals surface area (Å²) >= 11 is 0. The van der Waals surface area contributed by atoms with Gasteiger partial charge < -0.3 is 9.13 Å². The van der Waals surface area contributed by atoms with E-state index in [0.29, 0.717) is 0 Å². The summed E-state index contributed by atoms with van der Waals surface area (Å²) in [4.78, 5) is 0. The molecule has 160 valence electrons. The van der Waals surface area contributed by atoms with Gasteiger partial charge in [0.25, 0.3) is 0 Å². The molecule has 0 aliphatic carbocycles. The van der Waals surface area contributed by atoms with Gasteiger partial charge in [-0.15, -0.1) is 0 Å². The monoisotopic (exact) mass is 434 g/mol. The van der Waals surface area contributed by atoms with Gasteiger partial charge >= 0.3 is 0 Å². The zero-order valence-corrected chi connectivity index (χ0v) is 18.6. The summed E-state index contributed by atoms with van der Waals surface area (Å²) in [5.41, 5.74) is 8.18. The summed E-state index contributed by atoms with van der Waals surface area (Å²) < 4.78 is 4.74.